The number of hydrogen-bond donors (Lipinski definition) is 1. The van der Waals surface area contributed by atoms with Crippen LogP contribution in [0, 0.1) is 0 Å². The summed E-state index contributed by atoms with van der Waals surface area (Å²) in [4.78, 5) is 15.8. The fraction of sp³-hybridized carbons (Fsp3) is 0.316. The largest absolute Gasteiger partial charge is 0.364 e. The number of imidazole rings is 1. The van der Waals surface area contributed by atoms with E-state index in [9.17, 15) is 0 Å². The molecule has 0 fully saturated rings. The molecule has 6 heteroatoms. The fourth-order valence-corrected chi connectivity index (χ4v) is 3.21. The number of fused-ring (bicyclic) bond motifs is 1. The number of nitrogens with one attached hydrogen (secondary N) is 1. The minimum Gasteiger partial charge on any atom is -0.364 e. The molecular weight excluding hydrogens is 312 g/mol. The van der Waals surface area contributed by atoms with E-state index < -0.39 is 0 Å². The maximum Gasteiger partial charge on any atom is 0.126 e. The van der Waals surface area contributed by atoms with Crippen LogP contribution in [0.4, 0.5) is 5.82 Å². The Hall–Kier alpha value is -2.73. The van der Waals surface area contributed by atoms with Gasteiger partial charge in [-0.1, -0.05) is 12.1 Å². The van der Waals surface area contributed by atoms with E-state index in [2.05, 4.69) is 35.8 Å². The molecule has 3 aromatic rings. The first-order chi connectivity index (χ1) is 12.4. The molecule has 3 aromatic heterocycles. The summed E-state index contributed by atoms with van der Waals surface area (Å²) in [6.45, 7) is 4.62. The molecule has 0 saturated heterocycles. The highest BCUT2D eigenvalue weighted by Crippen LogP contribution is 2.14. The first-order valence-corrected chi connectivity index (χ1v) is 8.69. The molecule has 1 aliphatic rings. The average molecular weight is 334 g/mol. The molecule has 128 valence electrons. The second kappa shape index (κ2) is 7.44. The van der Waals surface area contributed by atoms with Crippen molar-refractivity contribution in [2.45, 2.75) is 26.1 Å². The van der Waals surface area contributed by atoms with E-state index in [0.717, 1.165) is 50.7 Å². The molecule has 0 bridgehead atoms. The quantitative estimate of drug-likeness (QED) is 0.776. The molecule has 0 aliphatic carbocycles. The predicted molar refractivity (Wildman–Crippen MR) is 97.0 cm³/mol. The molecule has 4 rings (SSSR count). The number of rotatable bonds is 5. The minimum absolute atomic E-state index is 0.740. The van der Waals surface area contributed by atoms with Gasteiger partial charge in [0.25, 0.3) is 0 Å². The van der Waals surface area contributed by atoms with E-state index in [1.165, 1.54) is 11.5 Å². The zero-order valence-electron chi connectivity index (χ0n) is 14.2. The lowest BCUT2D eigenvalue weighted by Gasteiger charge is -2.19. The van der Waals surface area contributed by atoms with Gasteiger partial charge >= 0.3 is 0 Å². The average Bonchev–Trinajstić information content (AvgIpc) is 2.95. The van der Waals surface area contributed by atoms with Crippen LogP contribution in [0.1, 0.15) is 17.2 Å². The summed E-state index contributed by atoms with van der Waals surface area (Å²) in [5, 5.41) is 3.37. The summed E-state index contributed by atoms with van der Waals surface area (Å²) < 4.78 is 2.34. The molecule has 0 saturated carbocycles. The first-order valence-electron chi connectivity index (χ1n) is 8.69. The van der Waals surface area contributed by atoms with Gasteiger partial charge in [-0.3, -0.25) is 9.88 Å². The number of nitrogens with zero attached hydrogens (tertiary/aromatic N) is 5. The van der Waals surface area contributed by atoms with Crippen molar-refractivity contribution < 1.29 is 0 Å². The Balaban J connectivity index is 1.39. The molecule has 1 N–H and O–H groups in total. The Morgan fingerprint density at radius 2 is 1.80 bits per heavy atom. The third-order valence-electron chi connectivity index (χ3n) is 4.54. The van der Waals surface area contributed by atoms with Crippen LogP contribution < -0.4 is 5.32 Å². The summed E-state index contributed by atoms with van der Waals surface area (Å²) in [5.74, 6) is 2.06. The summed E-state index contributed by atoms with van der Waals surface area (Å²) in [6.07, 6.45) is 6.62. The van der Waals surface area contributed by atoms with Crippen molar-refractivity contribution in [1.82, 2.24) is 24.4 Å². The second-order valence-corrected chi connectivity index (χ2v) is 6.23. The molecule has 0 aromatic carbocycles. The predicted octanol–water partition coefficient (Wildman–Crippen LogP) is 2.34. The Morgan fingerprint density at radius 3 is 2.60 bits per heavy atom. The van der Waals surface area contributed by atoms with Gasteiger partial charge in [-0.25, -0.2) is 9.97 Å². The Labute approximate surface area is 147 Å². The van der Waals surface area contributed by atoms with Crippen molar-refractivity contribution in [3.05, 3.63) is 72.2 Å². The van der Waals surface area contributed by atoms with Gasteiger partial charge in [0, 0.05) is 45.0 Å². The van der Waals surface area contributed by atoms with Crippen LogP contribution in [0.15, 0.2) is 55.0 Å². The van der Waals surface area contributed by atoms with Crippen LogP contribution in [0.2, 0.25) is 0 Å². The molecule has 0 unspecified atom stereocenters. The highest BCUT2D eigenvalue weighted by atomic mass is 15.2. The van der Waals surface area contributed by atoms with Crippen LogP contribution in [0.5, 0.6) is 0 Å². The van der Waals surface area contributed by atoms with Gasteiger partial charge in [0.15, 0.2) is 0 Å². The van der Waals surface area contributed by atoms with Gasteiger partial charge in [-0.15, -0.1) is 0 Å². The third kappa shape index (κ3) is 3.85. The van der Waals surface area contributed by atoms with E-state index in [4.69, 9.17) is 0 Å². The highest BCUT2D eigenvalue weighted by molar-refractivity contribution is 5.33. The van der Waals surface area contributed by atoms with Crippen molar-refractivity contribution in [1.29, 1.82) is 0 Å². The smallest absolute Gasteiger partial charge is 0.126 e. The SMILES string of the molecule is c1ccc(CN2CCc3ncc(CNc4ccccn4)n3CC2)nc1. The van der Waals surface area contributed by atoms with Gasteiger partial charge in [0.1, 0.15) is 11.6 Å². The van der Waals surface area contributed by atoms with Gasteiger partial charge in [-0.05, 0) is 24.3 Å². The molecule has 4 heterocycles. The number of pyridine rings is 2. The van der Waals surface area contributed by atoms with Crippen molar-refractivity contribution in [2.24, 2.45) is 0 Å². The highest BCUT2D eigenvalue weighted by Gasteiger charge is 2.17. The van der Waals surface area contributed by atoms with Crippen molar-refractivity contribution >= 4 is 5.82 Å². The molecule has 0 atom stereocenters. The van der Waals surface area contributed by atoms with Crippen molar-refractivity contribution in [2.75, 3.05) is 18.4 Å². The molecular formula is C19H22N6. The zero-order valence-corrected chi connectivity index (χ0v) is 14.2. The van der Waals surface area contributed by atoms with E-state index >= 15 is 0 Å². The lowest BCUT2D eigenvalue weighted by Crippen LogP contribution is -2.27. The lowest BCUT2D eigenvalue weighted by atomic mass is 10.3. The van der Waals surface area contributed by atoms with E-state index in [1.54, 1.807) is 6.20 Å². The summed E-state index contributed by atoms with van der Waals surface area (Å²) in [5.41, 5.74) is 2.33. The second-order valence-electron chi connectivity index (χ2n) is 6.23. The van der Waals surface area contributed by atoms with Crippen molar-refractivity contribution in [3.63, 3.8) is 0 Å². The maximum absolute atomic E-state index is 4.63. The Kier molecular flexibility index (Phi) is 4.70. The van der Waals surface area contributed by atoms with E-state index in [-0.39, 0.29) is 0 Å². The first kappa shape index (κ1) is 15.8. The zero-order chi connectivity index (χ0) is 16.9. The summed E-state index contributed by atoms with van der Waals surface area (Å²) >= 11 is 0. The number of aromatic nitrogens is 4. The molecule has 1 aliphatic heterocycles. The Bertz CT molecular complexity index is 799. The minimum atomic E-state index is 0.740. The fourth-order valence-electron chi connectivity index (χ4n) is 3.21. The van der Waals surface area contributed by atoms with Gasteiger partial charge < -0.3 is 9.88 Å². The van der Waals surface area contributed by atoms with E-state index in [0.29, 0.717) is 0 Å². The molecule has 0 amide bonds. The molecule has 6 nitrogen and oxygen atoms in total. The Morgan fingerprint density at radius 1 is 0.920 bits per heavy atom. The monoisotopic (exact) mass is 334 g/mol. The van der Waals surface area contributed by atoms with Crippen LogP contribution >= 0.6 is 0 Å². The molecule has 0 spiro atoms. The van der Waals surface area contributed by atoms with Crippen LogP contribution in [0.25, 0.3) is 0 Å². The number of anilines is 1. The normalized spacial score (nSPS) is 14.7. The topological polar surface area (TPSA) is 58.9 Å². The summed E-state index contributed by atoms with van der Waals surface area (Å²) in [7, 11) is 0. The lowest BCUT2D eigenvalue weighted by molar-refractivity contribution is 0.268. The van der Waals surface area contributed by atoms with Crippen LogP contribution in [-0.4, -0.2) is 37.5 Å². The third-order valence-corrected chi connectivity index (χ3v) is 4.54. The number of hydrogen-bond acceptors (Lipinski definition) is 5. The standard InChI is InChI=1S/C19H22N6/c1-3-8-20-16(5-1)15-24-10-7-19-23-14-17(25(19)12-11-24)13-22-18-6-2-4-9-21-18/h1-6,8-9,14H,7,10-13,15H2,(H,21,22). The van der Waals surface area contributed by atoms with Crippen molar-refractivity contribution in [3.8, 4) is 0 Å². The van der Waals surface area contributed by atoms with Crippen LogP contribution in [0.3, 0.4) is 0 Å². The van der Waals surface area contributed by atoms with Gasteiger partial charge in [0.05, 0.1) is 24.1 Å². The molecule has 25 heavy (non-hydrogen) atoms. The van der Waals surface area contributed by atoms with E-state index in [1.807, 2.05) is 42.7 Å². The van der Waals surface area contributed by atoms with Crippen LogP contribution in [-0.2, 0) is 26.1 Å². The maximum atomic E-state index is 4.63. The summed E-state index contributed by atoms with van der Waals surface area (Å²) in [6, 6.07) is 12.0. The van der Waals surface area contributed by atoms with Gasteiger partial charge in [0.2, 0.25) is 0 Å². The van der Waals surface area contributed by atoms with Gasteiger partial charge in [-0.2, -0.15) is 0 Å². The molecule has 0 radical (unpaired) electrons.